The van der Waals surface area contributed by atoms with Gasteiger partial charge in [-0.15, -0.1) is 0 Å². The number of carbonyl (C=O) groups is 2. The van der Waals surface area contributed by atoms with Crippen molar-refractivity contribution in [3.05, 3.63) is 88.5 Å². The van der Waals surface area contributed by atoms with Crippen molar-refractivity contribution in [3.63, 3.8) is 0 Å². The molecule has 10 heteroatoms. The predicted octanol–water partition coefficient (Wildman–Crippen LogP) is 5.90. The number of anilines is 1. The van der Waals surface area contributed by atoms with E-state index in [-0.39, 0.29) is 27.6 Å². The number of aromatic nitrogens is 2. The molecular weight excluding hydrogens is 505 g/mol. The van der Waals surface area contributed by atoms with Crippen molar-refractivity contribution in [2.75, 3.05) is 4.90 Å². The number of carbonyl (C=O) groups excluding carboxylic acids is 2. The second-order valence-corrected chi connectivity index (χ2v) is 9.79. The molecule has 1 unspecified atom stereocenters. The highest BCUT2D eigenvalue weighted by Gasteiger charge is 2.48. The topological polar surface area (TPSA) is 92.6 Å². The minimum atomic E-state index is -0.994. The van der Waals surface area contributed by atoms with E-state index in [1.54, 1.807) is 42.6 Å². The largest absolute Gasteiger partial charge is 0.507 e. The van der Waals surface area contributed by atoms with Crippen molar-refractivity contribution >= 4 is 55.7 Å². The minimum absolute atomic E-state index is 0.0301. The average molecular weight is 524 g/mol. The van der Waals surface area contributed by atoms with E-state index in [1.807, 2.05) is 13.8 Å². The van der Waals surface area contributed by atoms with Crippen molar-refractivity contribution < 1.29 is 23.8 Å². The van der Waals surface area contributed by atoms with Crippen molar-refractivity contribution in [1.82, 2.24) is 9.97 Å². The lowest BCUT2D eigenvalue weighted by Crippen LogP contribution is -2.29. The number of fused-ring (bicyclic) bond motifs is 1. The van der Waals surface area contributed by atoms with Crippen molar-refractivity contribution in [2.45, 2.75) is 26.0 Å². The Bertz CT molecular complexity index is 1480. The fourth-order valence-corrected chi connectivity index (χ4v) is 5.17. The molecule has 0 spiro atoms. The lowest BCUT2D eigenvalue weighted by molar-refractivity contribution is -0.132. The van der Waals surface area contributed by atoms with Gasteiger partial charge in [-0.25, -0.2) is 9.37 Å². The summed E-state index contributed by atoms with van der Waals surface area (Å²) in [5.74, 6) is -2.08. The van der Waals surface area contributed by atoms with Crippen LogP contribution in [0, 0.1) is 5.82 Å². The third-order valence-corrected chi connectivity index (χ3v) is 6.88. The molecule has 1 aliphatic heterocycles. The van der Waals surface area contributed by atoms with Crippen LogP contribution >= 0.6 is 22.9 Å². The van der Waals surface area contributed by atoms with E-state index in [4.69, 9.17) is 16.3 Å². The van der Waals surface area contributed by atoms with Gasteiger partial charge in [-0.05, 0) is 61.9 Å². The first-order chi connectivity index (χ1) is 17.2. The molecule has 2 aromatic carbocycles. The van der Waals surface area contributed by atoms with Crippen molar-refractivity contribution in [1.29, 1.82) is 0 Å². The number of benzene rings is 2. The standard InChI is InChI=1S/C26H19ClFN3O4S/c1-13(2)35-16-7-5-14(6-8-16)23(32)21-22(15-4-3-9-29-12-15)31(25(34)24(21)33)26-30-19-10-17(27)18(28)11-20(19)36-26/h3-13,22,32H,1-2H3/b23-21+. The van der Waals surface area contributed by atoms with Crippen LogP contribution < -0.4 is 9.64 Å². The number of nitrogens with zero attached hydrogens (tertiary/aromatic N) is 3. The van der Waals surface area contributed by atoms with E-state index in [0.717, 1.165) is 11.3 Å². The number of ether oxygens (including phenoxy) is 1. The highest BCUT2D eigenvalue weighted by molar-refractivity contribution is 7.22. The Hall–Kier alpha value is -3.82. The van der Waals surface area contributed by atoms with E-state index in [9.17, 15) is 19.1 Å². The van der Waals surface area contributed by atoms with E-state index in [2.05, 4.69) is 9.97 Å². The number of rotatable bonds is 5. The lowest BCUT2D eigenvalue weighted by atomic mass is 9.96. The summed E-state index contributed by atoms with van der Waals surface area (Å²) in [5.41, 5.74) is 1.13. The van der Waals surface area contributed by atoms with Crippen molar-refractivity contribution in [3.8, 4) is 5.75 Å². The molecular formula is C26H19ClFN3O4S. The zero-order valence-corrected chi connectivity index (χ0v) is 20.7. The summed E-state index contributed by atoms with van der Waals surface area (Å²) in [7, 11) is 0. The van der Waals surface area contributed by atoms with Crippen LogP contribution in [0.2, 0.25) is 5.02 Å². The molecule has 36 heavy (non-hydrogen) atoms. The molecule has 1 saturated heterocycles. The Morgan fingerprint density at radius 3 is 2.61 bits per heavy atom. The molecule has 3 heterocycles. The molecule has 182 valence electrons. The minimum Gasteiger partial charge on any atom is -0.507 e. The summed E-state index contributed by atoms with van der Waals surface area (Å²) < 4.78 is 20.1. The smallest absolute Gasteiger partial charge is 0.301 e. The Morgan fingerprint density at radius 1 is 1.19 bits per heavy atom. The summed E-state index contributed by atoms with van der Waals surface area (Å²) in [5, 5.41) is 11.3. The summed E-state index contributed by atoms with van der Waals surface area (Å²) in [6, 6.07) is 11.6. The summed E-state index contributed by atoms with van der Waals surface area (Å²) >= 11 is 6.94. The van der Waals surface area contributed by atoms with E-state index in [1.165, 1.54) is 23.2 Å². The van der Waals surface area contributed by atoms with Crippen LogP contribution in [0.4, 0.5) is 9.52 Å². The number of aliphatic hydroxyl groups excluding tert-OH is 1. The second kappa shape index (κ2) is 9.33. The molecule has 5 rings (SSSR count). The van der Waals surface area contributed by atoms with Gasteiger partial charge in [0, 0.05) is 18.0 Å². The van der Waals surface area contributed by atoms with Gasteiger partial charge in [-0.3, -0.25) is 19.5 Å². The Kier molecular flexibility index (Phi) is 6.19. The van der Waals surface area contributed by atoms with Gasteiger partial charge in [-0.2, -0.15) is 0 Å². The fourth-order valence-electron chi connectivity index (χ4n) is 4.02. The summed E-state index contributed by atoms with van der Waals surface area (Å²) in [6.45, 7) is 3.79. The molecule has 2 aromatic heterocycles. The number of pyridine rings is 1. The molecule has 1 atom stereocenters. The van der Waals surface area contributed by atoms with Gasteiger partial charge in [0.1, 0.15) is 17.3 Å². The Labute approximate surface area is 214 Å². The first-order valence-corrected chi connectivity index (χ1v) is 12.2. The van der Waals surface area contributed by atoms with Crippen LogP contribution in [0.15, 0.2) is 66.5 Å². The third-order valence-electron chi connectivity index (χ3n) is 5.57. The molecule has 0 saturated carbocycles. The van der Waals surface area contributed by atoms with Gasteiger partial charge < -0.3 is 9.84 Å². The number of ketones is 1. The normalized spacial score (nSPS) is 17.4. The maximum absolute atomic E-state index is 14.0. The highest BCUT2D eigenvalue weighted by atomic mass is 35.5. The predicted molar refractivity (Wildman–Crippen MR) is 136 cm³/mol. The van der Waals surface area contributed by atoms with E-state index >= 15 is 0 Å². The Balaban J connectivity index is 1.65. The SMILES string of the molecule is CC(C)Oc1ccc(/C(O)=C2\C(=O)C(=O)N(c3nc4cc(Cl)c(F)cc4s3)C2c2cccnc2)cc1. The molecule has 1 N–H and O–H groups in total. The van der Waals surface area contributed by atoms with Crippen LogP contribution in [-0.4, -0.2) is 32.9 Å². The number of aliphatic hydroxyl groups is 1. The lowest BCUT2D eigenvalue weighted by Gasteiger charge is -2.22. The maximum Gasteiger partial charge on any atom is 0.301 e. The number of thiazole rings is 1. The number of hydrogen-bond acceptors (Lipinski definition) is 7. The van der Waals surface area contributed by atoms with Crippen LogP contribution in [0.3, 0.4) is 0 Å². The average Bonchev–Trinajstić information content (AvgIpc) is 3.37. The van der Waals surface area contributed by atoms with Gasteiger partial charge >= 0.3 is 5.91 Å². The van der Waals surface area contributed by atoms with E-state index < -0.39 is 23.5 Å². The van der Waals surface area contributed by atoms with Gasteiger partial charge in [0.05, 0.1) is 33.0 Å². The van der Waals surface area contributed by atoms with E-state index in [0.29, 0.717) is 27.1 Å². The highest BCUT2D eigenvalue weighted by Crippen LogP contribution is 2.44. The quantitative estimate of drug-likeness (QED) is 0.199. The summed E-state index contributed by atoms with van der Waals surface area (Å²) in [6.07, 6.45) is 3.05. The monoisotopic (exact) mass is 523 g/mol. The molecule has 1 amide bonds. The second-order valence-electron chi connectivity index (χ2n) is 8.38. The number of Topliss-reactive ketones (excluding diaryl/α,β-unsaturated/α-hetero) is 1. The number of halogens is 2. The van der Waals surface area contributed by atoms with Crippen LogP contribution in [-0.2, 0) is 9.59 Å². The maximum atomic E-state index is 14.0. The van der Waals surface area contributed by atoms with Crippen LogP contribution in [0.1, 0.15) is 31.0 Å². The zero-order valence-electron chi connectivity index (χ0n) is 19.1. The molecule has 0 radical (unpaired) electrons. The van der Waals surface area contributed by atoms with Crippen LogP contribution in [0.5, 0.6) is 5.75 Å². The Morgan fingerprint density at radius 2 is 1.94 bits per heavy atom. The van der Waals surface area contributed by atoms with Gasteiger partial charge in [0.25, 0.3) is 5.78 Å². The third kappa shape index (κ3) is 4.20. The molecule has 7 nitrogen and oxygen atoms in total. The zero-order chi connectivity index (χ0) is 25.6. The fraction of sp³-hybridized carbons (Fsp3) is 0.154. The molecule has 0 bridgehead atoms. The first-order valence-electron chi connectivity index (χ1n) is 11.0. The van der Waals surface area contributed by atoms with Crippen molar-refractivity contribution in [2.24, 2.45) is 0 Å². The van der Waals surface area contributed by atoms with Gasteiger partial charge in [0.15, 0.2) is 5.13 Å². The molecule has 0 aliphatic carbocycles. The molecule has 4 aromatic rings. The number of hydrogen-bond donors (Lipinski definition) is 1. The molecule has 1 fully saturated rings. The number of amides is 1. The van der Waals surface area contributed by atoms with Gasteiger partial charge in [-0.1, -0.05) is 29.0 Å². The summed E-state index contributed by atoms with van der Waals surface area (Å²) in [4.78, 5) is 36.3. The van der Waals surface area contributed by atoms with Crippen LogP contribution in [0.25, 0.3) is 16.0 Å². The first kappa shape index (κ1) is 23.9. The van der Waals surface area contributed by atoms with Gasteiger partial charge in [0.2, 0.25) is 0 Å². The molecule has 1 aliphatic rings.